The van der Waals surface area contributed by atoms with Gasteiger partial charge in [0.1, 0.15) is 0 Å². The zero-order valence-electron chi connectivity index (χ0n) is 37.9. The molecule has 0 spiro atoms. The Kier molecular flexibility index (Phi) is 11.1. The molecule has 330 valence electrons. The molecule has 4 heteroatoms. The Morgan fingerprint density at radius 3 is 0.714 bits per heavy atom. The molecule has 0 bridgehead atoms. The van der Waals surface area contributed by atoms with Crippen molar-refractivity contribution in [2.75, 3.05) is 0 Å². The summed E-state index contributed by atoms with van der Waals surface area (Å²) >= 11 is 7.45. The van der Waals surface area contributed by atoms with Gasteiger partial charge in [0.05, 0.1) is 0 Å². The predicted octanol–water partition coefficient (Wildman–Crippen LogP) is 20.9. The molecule has 13 rings (SSSR count). The first-order valence-electron chi connectivity index (χ1n) is 23.5. The minimum Gasteiger partial charge on any atom is -0.135 e. The summed E-state index contributed by atoms with van der Waals surface area (Å²) in [5.41, 5.74) is 14.9. The monoisotopic (exact) mass is 962 g/mol. The third kappa shape index (κ3) is 7.86. The van der Waals surface area contributed by atoms with Gasteiger partial charge in [-0.2, -0.15) is 0 Å². The first kappa shape index (κ1) is 42.4. The van der Waals surface area contributed by atoms with Gasteiger partial charge in [0.25, 0.3) is 0 Å². The molecule has 4 heterocycles. The largest absolute Gasteiger partial charge is 0.135 e. The summed E-state index contributed by atoms with van der Waals surface area (Å²) in [5.74, 6) is 0. The van der Waals surface area contributed by atoms with Crippen molar-refractivity contribution in [3.63, 3.8) is 0 Å². The lowest BCUT2D eigenvalue weighted by Crippen LogP contribution is -1.94. The van der Waals surface area contributed by atoms with Crippen LogP contribution in [0.1, 0.15) is 0 Å². The molecule has 0 aliphatic rings. The van der Waals surface area contributed by atoms with Crippen LogP contribution in [-0.4, -0.2) is 0 Å². The van der Waals surface area contributed by atoms with Gasteiger partial charge < -0.3 is 0 Å². The zero-order chi connectivity index (χ0) is 46.4. The first-order chi connectivity index (χ1) is 34.7. The molecule has 0 saturated heterocycles. The van der Waals surface area contributed by atoms with E-state index < -0.39 is 0 Å². The van der Waals surface area contributed by atoms with E-state index >= 15 is 0 Å². The molecular weight excluding hydrogens is 921 g/mol. The summed E-state index contributed by atoms with van der Waals surface area (Å²) < 4.78 is 0. The summed E-state index contributed by atoms with van der Waals surface area (Å²) in [6.45, 7) is 0. The Hall–Kier alpha value is -7.70. The van der Waals surface area contributed by atoms with Gasteiger partial charge in [0.2, 0.25) is 0 Å². The van der Waals surface area contributed by atoms with Crippen molar-refractivity contribution in [3.05, 3.63) is 255 Å². The van der Waals surface area contributed by atoms with Gasteiger partial charge in [-0.1, -0.05) is 194 Å². The highest BCUT2D eigenvalue weighted by molar-refractivity contribution is 7.20. The molecule has 0 radical (unpaired) electrons. The van der Waals surface area contributed by atoms with Crippen LogP contribution in [0.5, 0.6) is 0 Å². The van der Waals surface area contributed by atoms with Crippen LogP contribution in [0.25, 0.3) is 127 Å². The van der Waals surface area contributed by atoms with Crippen LogP contribution in [0.2, 0.25) is 0 Å². The van der Waals surface area contributed by atoms with E-state index in [4.69, 9.17) is 0 Å². The van der Waals surface area contributed by atoms with Crippen molar-refractivity contribution in [1.29, 1.82) is 0 Å². The molecule has 0 amide bonds. The summed E-state index contributed by atoms with van der Waals surface area (Å²) in [4.78, 5) is 10.1. The minimum atomic E-state index is 1.22. The van der Waals surface area contributed by atoms with Crippen molar-refractivity contribution in [1.82, 2.24) is 0 Å². The highest BCUT2D eigenvalue weighted by atomic mass is 32.1. The highest BCUT2D eigenvalue weighted by Gasteiger charge is 2.24. The maximum absolute atomic E-state index is 2.47. The maximum atomic E-state index is 2.47. The van der Waals surface area contributed by atoms with Crippen LogP contribution in [0, 0.1) is 0 Å². The third-order valence-electron chi connectivity index (χ3n) is 13.3. The second-order valence-corrected chi connectivity index (χ2v) is 21.8. The third-order valence-corrected chi connectivity index (χ3v) is 18.0. The molecule has 70 heavy (non-hydrogen) atoms. The fourth-order valence-electron chi connectivity index (χ4n) is 9.93. The lowest BCUT2D eigenvalue weighted by molar-refractivity contribution is 1.64. The van der Waals surface area contributed by atoms with E-state index in [0.29, 0.717) is 0 Å². The Morgan fingerprint density at radius 2 is 0.414 bits per heavy atom. The molecule has 4 aromatic heterocycles. The Morgan fingerprint density at radius 1 is 0.171 bits per heavy atom. The van der Waals surface area contributed by atoms with Crippen LogP contribution in [0.15, 0.2) is 255 Å². The highest BCUT2D eigenvalue weighted by Crippen LogP contribution is 2.52. The van der Waals surface area contributed by atoms with Crippen molar-refractivity contribution < 1.29 is 0 Å². The molecule has 0 unspecified atom stereocenters. The average Bonchev–Trinajstić information content (AvgIpc) is 4.30. The van der Waals surface area contributed by atoms with E-state index in [0.717, 1.165) is 0 Å². The van der Waals surface area contributed by atoms with Crippen LogP contribution in [0.4, 0.5) is 0 Å². The molecule has 0 aliphatic carbocycles. The van der Waals surface area contributed by atoms with Crippen LogP contribution >= 0.6 is 45.3 Å². The van der Waals surface area contributed by atoms with E-state index in [1.54, 1.807) is 0 Å². The van der Waals surface area contributed by atoms with Crippen molar-refractivity contribution in [2.24, 2.45) is 0 Å². The van der Waals surface area contributed by atoms with Crippen LogP contribution in [0.3, 0.4) is 0 Å². The molecule has 0 fully saturated rings. The van der Waals surface area contributed by atoms with Gasteiger partial charge in [0, 0.05) is 39.0 Å². The van der Waals surface area contributed by atoms with Gasteiger partial charge in [-0.25, -0.2) is 0 Å². The van der Waals surface area contributed by atoms with E-state index in [1.807, 2.05) is 45.3 Å². The molecule has 0 aliphatic heterocycles. The Balaban J connectivity index is 1.05. The van der Waals surface area contributed by atoms with E-state index in [1.165, 1.54) is 127 Å². The van der Waals surface area contributed by atoms with Crippen molar-refractivity contribution in [2.45, 2.75) is 0 Å². The Labute approximate surface area is 424 Å². The van der Waals surface area contributed by atoms with E-state index in [2.05, 4.69) is 255 Å². The molecule has 13 aromatic rings. The van der Waals surface area contributed by atoms with Gasteiger partial charge in [-0.15, -0.1) is 45.3 Å². The number of benzene rings is 9. The minimum absolute atomic E-state index is 1.22. The van der Waals surface area contributed by atoms with Gasteiger partial charge >= 0.3 is 0 Å². The molecule has 0 atom stereocenters. The second-order valence-electron chi connectivity index (χ2n) is 17.5. The topological polar surface area (TPSA) is 0 Å². The summed E-state index contributed by atoms with van der Waals surface area (Å²) in [6.07, 6.45) is 0. The van der Waals surface area contributed by atoms with E-state index in [-0.39, 0.29) is 0 Å². The smallest absolute Gasteiger partial charge is 0.0355 e. The number of hydrogen-bond donors (Lipinski definition) is 0. The summed E-state index contributed by atoms with van der Waals surface area (Å²) in [5, 5.41) is 4.95. The van der Waals surface area contributed by atoms with Gasteiger partial charge in [-0.05, 0) is 149 Å². The van der Waals surface area contributed by atoms with Crippen molar-refractivity contribution >= 4 is 66.9 Å². The van der Waals surface area contributed by atoms with Crippen LogP contribution in [-0.2, 0) is 0 Å². The predicted molar refractivity (Wildman–Crippen MR) is 307 cm³/mol. The fourth-order valence-corrected chi connectivity index (χ4v) is 14.0. The second kappa shape index (κ2) is 18.3. The number of hydrogen-bond acceptors (Lipinski definition) is 4. The number of thiophene rings is 4. The SMILES string of the molecule is c1ccc(-c2ccc(-c3ccc(-c4ccc(-c5ccccc5)s4)c(-c4c5ccccc5c(-c5cc(-c6ccc(-c7ccccc7)s6)ccc5-c5ccc(-c6ccccc6)s5)c5ccccc45)c3)s2)cc1. The standard InChI is InChI=1S/C66H42S4/c1-5-17-43(18-6-1)57-33-35-61(67-57)47-29-31-49(63-39-37-59(69-63)45-21-9-3-10-22-45)55(41-47)65-51-25-13-15-27-53(51)66(54-28-16-14-26-52(54)65)56-42-48(62-36-34-58(68-62)44-19-7-2-8-20-44)30-32-50(56)64-40-38-60(70-64)46-23-11-4-12-24-46/h1-42H. The average molecular weight is 963 g/mol. The molecule has 0 saturated carbocycles. The van der Waals surface area contributed by atoms with Gasteiger partial charge in [0.15, 0.2) is 0 Å². The lowest BCUT2D eigenvalue weighted by atomic mass is 9.82. The molecular formula is C66H42S4. The fraction of sp³-hybridized carbons (Fsp3) is 0. The Bertz CT molecular complexity index is 3660. The molecule has 9 aromatic carbocycles. The summed E-state index contributed by atoms with van der Waals surface area (Å²) in [7, 11) is 0. The maximum Gasteiger partial charge on any atom is 0.0355 e. The number of rotatable bonds is 10. The van der Waals surface area contributed by atoms with Crippen LogP contribution < -0.4 is 0 Å². The molecule has 0 N–H and O–H groups in total. The molecule has 0 nitrogen and oxygen atoms in total. The quantitative estimate of drug-likeness (QED) is 0.120. The van der Waals surface area contributed by atoms with E-state index in [9.17, 15) is 0 Å². The first-order valence-corrected chi connectivity index (χ1v) is 26.8. The number of fused-ring (bicyclic) bond motifs is 2. The lowest BCUT2D eigenvalue weighted by Gasteiger charge is -2.21. The van der Waals surface area contributed by atoms with Gasteiger partial charge in [-0.3, -0.25) is 0 Å². The summed E-state index contributed by atoms with van der Waals surface area (Å²) in [6, 6.07) is 94.0. The zero-order valence-corrected chi connectivity index (χ0v) is 41.1. The van der Waals surface area contributed by atoms with Crippen molar-refractivity contribution in [3.8, 4) is 106 Å². The normalized spacial score (nSPS) is 11.4.